The van der Waals surface area contributed by atoms with Crippen LogP contribution in [0.2, 0.25) is 0 Å². The molecule has 0 heterocycles. The smallest absolute Gasteiger partial charge is 0.330 e. The second-order valence-corrected chi connectivity index (χ2v) is 15.8. The van der Waals surface area contributed by atoms with Crippen molar-refractivity contribution in [2.45, 2.75) is 102 Å². The molecule has 0 atom stereocenters. The summed E-state index contributed by atoms with van der Waals surface area (Å²) in [7, 11) is 3.98. The molecule has 0 aromatic heterocycles. The normalized spacial score (nSPS) is 11.1. The Bertz CT molecular complexity index is 1950. The maximum Gasteiger partial charge on any atom is 0.330 e. The summed E-state index contributed by atoms with van der Waals surface area (Å²) in [4.78, 5) is 72.0. The number of rotatable bonds is 35. The third kappa shape index (κ3) is 27.5. The van der Waals surface area contributed by atoms with Gasteiger partial charge in [-0.15, -0.1) is 0 Å². The number of hydrogen-bond acceptors (Lipinski definition) is 15. The Balaban J connectivity index is 1.33. The van der Waals surface area contributed by atoms with Crippen LogP contribution in [0.1, 0.15) is 113 Å². The molecule has 374 valence electrons. The predicted octanol–water partition coefficient (Wildman–Crippen LogP) is 9.63. The molecule has 0 saturated heterocycles. The first kappa shape index (κ1) is 56.4. The summed E-state index contributed by atoms with van der Waals surface area (Å²) in [6.45, 7) is 1.09. The van der Waals surface area contributed by atoms with Crippen molar-refractivity contribution in [3.8, 4) is 17.2 Å². The molecule has 0 aliphatic heterocycles. The highest BCUT2D eigenvalue weighted by Gasteiger charge is 2.19. The van der Waals surface area contributed by atoms with E-state index in [9.17, 15) is 28.8 Å². The number of carbonyl (C=O) groups is 6. The van der Waals surface area contributed by atoms with Gasteiger partial charge >= 0.3 is 35.8 Å². The van der Waals surface area contributed by atoms with Crippen molar-refractivity contribution in [1.29, 1.82) is 0 Å². The molecule has 3 aromatic rings. The second kappa shape index (κ2) is 35.3. The molecule has 0 radical (unpaired) electrons. The molecule has 15 nitrogen and oxygen atoms in total. The van der Waals surface area contributed by atoms with Crippen molar-refractivity contribution in [1.82, 2.24) is 0 Å². The highest BCUT2D eigenvalue weighted by Crippen LogP contribution is 2.18. The number of carbonyl (C=O) groups excluding carboxylic acids is 6. The van der Waals surface area contributed by atoms with Gasteiger partial charge in [0, 0.05) is 37.5 Å². The van der Waals surface area contributed by atoms with Crippen LogP contribution in [0.4, 0.5) is 0 Å². The van der Waals surface area contributed by atoms with Gasteiger partial charge < -0.3 is 42.6 Å². The number of unbranched alkanes of at least 4 members (excludes halogenated alkanes) is 9. The van der Waals surface area contributed by atoms with E-state index in [0.29, 0.717) is 44.8 Å². The van der Waals surface area contributed by atoms with Crippen LogP contribution in [0.5, 0.6) is 17.2 Å². The number of ether oxygens (including phenoxy) is 9. The molecule has 0 aliphatic rings. The van der Waals surface area contributed by atoms with Gasteiger partial charge in [0.1, 0.15) is 30.5 Å². The Labute approximate surface area is 406 Å². The van der Waals surface area contributed by atoms with Crippen molar-refractivity contribution in [3.05, 3.63) is 108 Å². The fourth-order valence-electron chi connectivity index (χ4n) is 6.34. The van der Waals surface area contributed by atoms with Crippen LogP contribution in [0.25, 0.3) is 18.2 Å². The number of methoxy groups -OCH3 is 3. The van der Waals surface area contributed by atoms with Crippen molar-refractivity contribution in [3.63, 3.8) is 0 Å². The van der Waals surface area contributed by atoms with Gasteiger partial charge in [-0.1, -0.05) is 74.9 Å². The molecule has 0 N–H and O–H groups in total. The Morgan fingerprint density at radius 1 is 0.391 bits per heavy atom. The maximum absolute atomic E-state index is 12.9. The van der Waals surface area contributed by atoms with E-state index in [-0.39, 0.29) is 32.5 Å². The fourth-order valence-corrected chi connectivity index (χ4v) is 6.34. The van der Waals surface area contributed by atoms with E-state index < -0.39 is 41.9 Å². The van der Waals surface area contributed by atoms with Crippen LogP contribution >= 0.6 is 0 Å². The fraction of sp³-hybridized carbons (Fsp3) is 0.444. The highest BCUT2D eigenvalue weighted by atomic mass is 16.6. The minimum atomic E-state index is -0.939. The molecule has 0 unspecified atom stereocenters. The van der Waals surface area contributed by atoms with E-state index in [1.165, 1.54) is 39.6 Å². The van der Waals surface area contributed by atoms with Crippen molar-refractivity contribution in [2.24, 2.45) is 0 Å². The lowest BCUT2D eigenvalue weighted by molar-refractivity contribution is -0.167. The van der Waals surface area contributed by atoms with Gasteiger partial charge in [0.15, 0.2) is 6.10 Å². The van der Waals surface area contributed by atoms with Crippen molar-refractivity contribution in [2.75, 3.05) is 54.4 Å². The lowest BCUT2D eigenvalue weighted by atomic mass is 10.1. The average molecular weight is 957 g/mol. The minimum Gasteiger partial charge on any atom is -0.494 e. The van der Waals surface area contributed by atoms with Crippen LogP contribution in [-0.4, -0.2) is 96.3 Å². The van der Waals surface area contributed by atoms with Gasteiger partial charge in [0.05, 0.1) is 41.2 Å². The summed E-state index contributed by atoms with van der Waals surface area (Å²) < 4.78 is 47.8. The zero-order chi connectivity index (χ0) is 49.7. The Morgan fingerprint density at radius 3 is 0.986 bits per heavy atom. The van der Waals surface area contributed by atoms with E-state index in [1.807, 2.05) is 72.8 Å². The molecular weight excluding hydrogens is 889 g/mol. The molecule has 0 spiro atoms. The van der Waals surface area contributed by atoms with E-state index in [4.69, 9.17) is 28.4 Å². The topological polar surface area (TPSA) is 185 Å². The summed E-state index contributed by atoms with van der Waals surface area (Å²) in [6, 6.07) is 22.1. The first-order valence-electron chi connectivity index (χ1n) is 23.5. The van der Waals surface area contributed by atoms with E-state index >= 15 is 0 Å². The summed E-state index contributed by atoms with van der Waals surface area (Å²) >= 11 is 0. The van der Waals surface area contributed by atoms with Gasteiger partial charge in [0.2, 0.25) is 0 Å². The summed E-state index contributed by atoms with van der Waals surface area (Å²) in [5.74, 6) is -0.448. The zero-order valence-electron chi connectivity index (χ0n) is 40.2. The molecule has 0 aliphatic carbocycles. The largest absolute Gasteiger partial charge is 0.494 e. The molecule has 69 heavy (non-hydrogen) atoms. The molecule has 3 rings (SSSR count). The highest BCUT2D eigenvalue weighted by molar-refractivity contribution is 5.88. The van der Waals surface area contributed by atoms with E-state index in [0.717, 1.165) is 86.0 Å². The average Bonchev–Trinajstić information content (AvgIpc) is 3.37. The van der Waals surface area contributed by atoms with Gasteiger partial charge in [-0.05, 0) is 110 Å². The molecule has 3 aromatic carbocycles. The third-order valence-corrected chi connectivity index (χ3v) is 10.3. The monoisotopic (exact) mass is 956 g/mol. The van der Waals surface area contributed by atoms with Gasteiger partial charge in [0.25, 0.3) is 0 Å². The van der Waals surface area contributed by atoms with Crippen molar-refractivity contribution < 1.29 is 71.4 Å². The van der Waals surface area contributed by atoms with Gasteiger partial charge in [-0.25, -0.2) is 14.4 Å². The molecule has 15 heteroatoms. The lowest BCUT2D eigenvalue weighted by Crippen LogP contribution is -2.30. The second-order valence-electron chi connectivity index (χ2n) is 15.8. The zero-order valence-corrected chi connectivity index (χ0v) is 40.2. The van der Waals surface area contributed by atoms with Gasteiger partial charge in [-0.2, -0.15) is 0 Å². The van der Waals surface area contributed by atoms with E-state index in [2.05, 4.69) is 14.2 Å². The van der Waals surface area contributed by atoms with Crippen LogP contribution in [0, 0.1) is 0 Å². The first-order chi connectivity index (χ1) is 33.6. The van der Waals surface area contributed by atoms with Crippen LogP contribution in [0.3, 0.4) is 0 Å². The third-order valence-electron chi connectivity index (χ3n) is 10.3. The summed E-state index contributed by atoms with van der Waals surface area (Å²) in [5.41, 5.74) is 2.54. The molecule has 0 fully saturated rings. The van der Waals surface area contributed by atoms with E-state index in [1.54, 1.807) is 18.2 Å². The Morgan fingerprint density at radius 2 is 0.681 bits per heavy atom. The number of esters is 6. The standard InChI is InChI=1S/C54H68O15/c1-61-49(55)34-25-42-19-28-45(29-20-42)64-37-13-7-4-10-16-52(58)67-40-48(69-54(60)18-12-6-9-15-39-66-47-32-23-44(24-33-47)27-36-51(57)63-3)41-68-53(59)17-11-5-8-14-38-65-46-30-21-43(22-31-46)26-35-50(56)62-2/h19-36,48H,4-18,37-41H2,1-3H3/b34-25+,35-26+,36-27+. The molecule has 0 bridgehead atoms. The summed E-state index contributed by atoms with van der Waals surface area (Å²) in [6.07, 6.45) is 17.8. The molecule has 0 amide bonds. The Kier molecular flexibility index (Phi) is 28.8. The Hall–Kier alpha value is -6.90. The van der Waals surface area contributed by atoms with Crippen LogP contribution in [-0.2, 0) is 57.2 Å². The molecule has 0 saturated carbocycles. The van der Waals surface area contributed by atoms with Crippen LogP contribution in [0.15, 0.2) is 91.0 Å². The maximum atomic E-state index is 12.9. The number of benzene rings is 3. The van der Waals surface area contributed by atoms with Crippen LogP contribution < -0.4 is 14.2 Å². The van der Waals surface area contributed by atoms with Crippen molar-refractivity contribution >= 4 is 54.0 Å². The quantitative estimate of drug-likeness (QED) is 0.0235. The lowest BCUT2D eigenvalue weighted by Gasteiger charge is -2.18. The SMILES string of the molecule is COC(=O)/C=C/c1ccc(OCCCCCCC(=O)OCC(COC(=O)CCCCCCOc2ccc(/C=C/C(=O)OC)cc2)OC(=O)CCCCCCOc2ccc(/C=C/C(=O)OC)cc2)cc1. The number of hydrogen-bond donors (Lipinski definition) is 0. The summed E-state index contributed by atoms with van der Waals surface area (Å²) in [5, 5.41) is 0. The predicted molar refractivity (Wildman–Crippen MR) is 260 cm³/mol. The minimum absolute atomic E-state index is 0.159. The van der Waals surface area contributed by atoms with Gasteiger partial charge in [-0.3, -0.25) is 14.4 Å². The molecular formula is C54H68O15. The first-order valence-corrected chi connectivity index (χ1v) is 23.5.